The number of nitrogens with one attached hydrogen (secondary N) is 1. The molecule has 0 saturated carbocycles. The lowest BCUT2D eigenvalue weighted by Gasteiger charge is -2.07. The Morgan fingerprint density at radius 1 is 1.21 bits per heavy atom. The third-order valence-corrected chi connectivity index (χ3v) is 4.53. The normalized spacial score (nSPS) is 10.6. The minimum absolute atomic E-state index is 0.120. The Kier molecular flexibility index (Phi) is 5.32. The third-order valence-electron chi connectivity index (χ3n) is 3.22. The van der Waals surface area contributed by atoms with Crippen molar-refractivity contribution in [2.75, 3.05) is 11.1 Å². The highest BCUT2D eigenvalue weighted by molar-refractivity contribution is 9.10. The van der Waals surface area contributed by atoms with E-state index in [1.165, 1.54) is 11.8 Å². The molecule has 0 aliphatic carbocycles. The minimum atomic E-state index is -0.120. The van der Waals surface area contributed by atoms with Crippen molar-refractivity contribution >= 4 is 39.3 Å². The van der Waals surface area contributed by atoms with Crippen molar-refractivity contribution in [3.63, 3.8) is 0 Å². The maximum absolute atomic E-state index is 12.1. The van der Waals surface area contributed by atoms with Crippen LogP contribution < -0.4 is 5.32 Å². The van der Waals surface area contributed by atoms with Crippen molar-refractivity contribution < 1.29 is 9.21 Å². The highest BCUT2D eigenvalue weighted by atomic mass is 79.9. The molecule has 0 fully saturated rings. The summed E-state index contributed by atoms with van der Waals surface area (Å²) >= 11 is 4.61. The molecule has 3 aromatic rings. The molecule has 122 valence electrons. The molecule has 5 nitrogen and oxygen atoms in total. The van der Waals surface area contributed by atoms with Crippen LogP contribution in [0, 0.1) is 6.92 Å². The summed E-state index contributed by atoms with van der Waals surface area (Å²) in [6.45, 7) is 1.94. The summed E-state index contributed by atoms with van der Waals surface area (Å²) in [5.41, 5.74) is 2.64. The van der Waals surface area contributed by atoms with Crippen molar-refractivity contribution in [2.24, 2.45) is 0 Å². The molecule has 24 heavy (non-hydrogen) atoms. The number of amides is 1. The van der Waals surface area contributed by atoms with Crippen LogP contribution >= 0.6 is 27.7 Å². The predicted octanol–water partition coefficient (Wildman–Crippen LogP) is 4.54. The lowest BCUT2D eigenvalue weighted by molar-refractivity contribution is -0.113. The fraction of sp³-hybridized carbons (Fsp3) is 0.118. The van der Waals surface area contributed by atoms with Crippen LogP contribution in [-0.4, -0.2) is 21.9 Å². The van der Waals surface area contributed by atoms with Crippen LogP contribution in [0.25, 0.3) is 11.5 Å². The van der Waals surface area contributed by atoms with Gasteiger partial charge in [-0.2, -0.15) is 0 Å². The molecule has 0 atom stereocenters. The van der Waals surface area contributed by atoms with Crippen LogP contribution in [0.3, 0.4) is 0 Å². The van der Waals surface area contributed by atoms with Crippen LogP contribution in [0.2, 0.25) is 0 Å². The summed E-state index contributed by atoms with van der Waals surface area (Å²) in [6.07, 6.45) is 0. The molecule has 0 radical (unpaired) electrons. The first-order chi connectivity index (χ1) is 11.6. The van der Waals surface area contributed by atoms with Crippen LogP contribution in [-0.2, 0) is 4.79 Å². The van der Waals surface area contributed by atoms with Gasteiger partial charge in [0.05, 0.1) is 5.75 Å². The van der Waals surface area contributed by atoms with E-state index in [0.29, 0.717) is 11.1 Å². The first-order valence-electron chi connectivity index (χ1n) is 7.19. The molecule has 0 bridgehead atoms. The highest BCUT2D eigenvalue weighted by Gasteiger charge is 2.11. The third kappa shape index (κ3) is 4.24. The summed E-state index contributed by atoms with van der Waals surface area (Å²) in [6, 6.07) is 15.2. The summed E-state index contributed by atoms with van der Waals surface area (Å²) < 4.78 is 6.54. The van der Waals surface area contributed by atoms with Gasteiger partial charge >= 0.3 is 0 Å². The molecule has 0 aliphatic rings. The molecule has 2 aromatic carbocycles. The molecule has 1 N–H and O–H groups in total. The Balaban J connectivity index is 1.58. The molecular formula is C17H14BrN3O2S. The average Bonchev–Trinajstić information content (AvgIpc) is 3.05. The number of aryl methyl sites for hydroxylation is 1. The van der Waals surface area contributed by atoms with E-state index < -0.39 is 0 Å². The van der Waals surface area contributed by atoms with Crippen LogP contribution in [0.1, 0.15) is 5.56 Å². The van der Waals surface area contributed by atoms with E-state index in [1.807, 2.05) is 55.5 Å². The van der Waals surface area contributed by atoms with Crippen LogP contribution in [0.15, 0.2) is 62.6 Å². The largest absolute Gasteiger partial charge is 0.411 e. The standard InChI is InChI=1S/C17H14BrN3O2S/c1-11-9-13(18)7-8-14(11)19-15(22)10-24-17-21-20-16(23-17)12-5-3-2-4-6-12/h2-9H,10H2,1H3,(H,19,22). The molecular weight excluding hydrogens is 390 g/mol. The number of hydrogen-bond acceptors (Lipinski definition) is 5. The van der Waals surface area contributed by atoms with E-state index in [2.05, 4.69) is 31.4 Å². The summed E-state index contributed by atoms with van der Waals surface area (Å²) in [5, 5.41) is 11.2. The van der Waals surface area contributed by atoms with Gasteiger partial charge in [0.25, 0.3) is 5.22 Å². The zero-order chi connectivity index (χ0) is 16.9. The summed E-state index contributed by atoms with van der Waals surface area (Å²) in [5.74, 6) is 0.526. The number of carbonyl (C=O) groups excluding carboxylic acids is 1. The molecule has 3 rings (SSSR count). The first kappa shape index (κ1) is 16.7. The zero-order valence-corrected chi connectivity index (χ0v) is 15.2. The van der Waals surface area contributed by atoms with Gasteiger partial charge in [-0.15, -0.1) is 10.2 Å². The summed E-state index contributed by atoms with van der Waals surface area (Å²) in [7, 11) is 0. The van der Waals surface area contributed by atoms with E-state index in [0.717, 1.165) is 21.3 Å². The number of rotatable bonds is 5. The molecule has 7 heteroatoms. The van der Waals surface area contributed by atoms with E-state index in [-0.39, 0.29) is 11.7 Å². The number of carbonyl (C=O) groups is 1. The van der Waals surface area contributed by atoms with Gasteiger partial charge in [-0.1, -0.05) is 45.9 Å². The highest BCUT2D eigenvalue weighted by Crippen LogP contribution is 2.24. The SMILES string of the molecule is Cc1cc(Br)ccc1NC(=O)CSc1nnc(-c2ccccc2)o1. The van der Waals surface area contributed by atoms with E-state index in [9.17, 15) is 4.79 Å². The average molecular weight is 404 g/mol. The van der Waals surface area contributed by atoms with Crippen molar-refractivity contribution in [1.29, 1.82) is 0 Å². The van der Waals surface area contributed by atoms with Gasteiger partial charge in [0.1, 0.15) is 0 Å². The van der Waals surface area contributed by atoms with E-state index in [1.54, 1.807) is 0 Å². The zero-order valence-electron chi connectivity index (χ0n) is 12.8. The number of halogens is 1. The van der Waals surface area contributed by atoms with Gasteiger partial charge < -0.3 is 9.73 Å². The monoisotopic (exact) mass is 403 g/mol. The lowest BCUT2D eigenvalue weighted by atomic mass is 10.2. The first-order valence-corrected chi connectivity index (χ1v) is 8.97. The van der Waals surface area contributed by atoms with E-state index in [4.69, 9.17) is 4.42 Å². The fourth-order valence-electron chi connectivity index (χ4n) is 2.05. The molecule has 0 saturated heterocycles. The van der Waals surface area contributed by atoms with Gasteiger partial charge in [0, 0.05) is 15.7 Å². The van der Waals surface area contributed by atoms with Crippen molar-refractivity contribution in [3.8, 4) is 11.5 Å². The predicted molar refractivity (Wildman–Crippen MR) is 98.0 cm³/mol. The number of nitrogens with zero attached hydrogens (tertiary/aromatic N) is 2. The number of thioether (sulfide) groups is 1. The second-order valence-corrected chi connectivity index (χ2v) is 6.88. The second kappa shape index (κ2) is 7.63. The molecule has 0 spiro atoms. The van der Waals surface area contributed by atoms with Gasteiger partial charge in [0.2, 0.25) is 11.8 Å². The smallest absolute Gasteiger partial charge is 0.277 e. The van der Waals surface area contributed by atoms with Crippen LogP contribution in [0.5, 0.6) is 0 Å². The van der Waals surface area contributed by atoms with Crippen LogP contribution in [0.4, 0.5) is 5.69 Å². The number of anilines is 1. The Hall–Kier alpha value is -2.12. The Morgan fingerprint density at radius 2 is 2.00 bits per heavy atom. The fourth-order valence-corrected chi connectivity index (χ4v) is 3.09. The number of hydrogen-bond donors (Lipinski definition) is 1. The molecule has 1 amide bonds. The van der Waals surface area contributed by atoms with E-state index >= 15 is 0 Å². The molecule has 0 unspecified atom stereocenters. The van der Waals surface area contributed by atoms with Gasteiger partial charge in [-0.05, 0) is 42.8 Å². The number of aromatic nitrogens is 2. The van der Waals surface area contributed by atoms with Crippen molar-refractivity contribution in [2.45, 2.75) is 12.1 Å². The lowest BCUT2D eigenvalue weighted by Crippen LogP contribution is -2.14. The molecule has 0 aliphatic heterocycles. The van der Waals surface area contributed by atoms with Crippen molar-refractivity contribution in [1.82, 2.24) is 10.2 Å². The Bertz CT molecular complexity index is 852. The van der Waals surface area contributed by atoms with Gasteiger partial charge in [0.15, 0.2) is 0 Å². The molecule has 1 heterocycles. The minimum Gasteiger partial charge on any atom is -0.411 e. The summed E-state index contributed by atoms with van der Waals surface area (Å²) in [4.78, 5) is 12.1. The van der Waals surface area contributed by atoms with Gasteiger partial charge in [-0.25, -0.2) is 0 Å². The molecule has 1 aromatic heterocycles. The second-order valence-electron chi connectivity index (χ2n) is 5.04. The Labute approximate surface area is 152 Å². The quantitative estimate of drug-likeness (QED) is 0.633. The van der Waals surface area contributed by atoms with Gasteiger partial charge in [-0.3, -0.25) is 4.79 Å². The maximum atomic E-state index is 12.1. The van der Waals surface area contributed by atoms with Crippen molar-refractivity contribution in [3.05, 3.63) is 58.6 Å². The number of benzene rings is 2. The topological polar surface area (TPSA) is 68.0 Å². The maximum Gasteiger partial charge on any atom is 0.277 e. The Morgan fingerprint density at radius 3 is 2.75 bits per heavy atom.